The predicted molar refractivity (Wildman–Crippen MR) is 84.5 cm³/mol. The third kappa shape index (κ3) is 3.61. The molecule has 0 bridgehead atoms. The SMILES string of the molecule is CCCCN(C(=O)c1ccc(Cl)cc1)c1ccccc1. The molecular formula is C17H18ClNO. The molecular weight excluding hydrogens is 270 g/mol. The van der Waals surface area contributed by atoms with E-state index in [0.717, 1.165) is 25.1 Å². The minimum Gasteiger partial charge on any atom is -0.308 e. The lowest BCUT2D eigenvalue weighted by Gasteiger charge is -2.22. The second-order valence-corrected chi connectivity index (χ2v) is 5.09. The Labute approximate surface area is 125 Å². The van der Waals surface area contributed by atoms with E-state index < -0.39 is 0 Å². The molecule has 0 atom stereocenters. The average molecular weight is 288 g/mol. The molecule has 0 saturated carbocycles. The number of halogens is 1. The molecule has 2 nitrogen and oxygen atoms in total. The second kappa shape index (κ2) is 7.11. The standard InChI is InChI=1S/C17H18ClNO/c1-2-3-13-19(16-7-5-4-6-8-16)17(20)14-9-11-15(18)12-10-14/h4-12H,2-3,13H2,1H3. The fourth-order valence-electron chi connectivity index (χ4n) is 2.02. The first-order chi connectivity index (χ1) is 9.72. The Morgan fingerprint density at radius 3 is 2.30 bits per heavy atom. The van der Waals surface area contributed by atoms with Crippen LogP contribution in [0.3, 0.4) is 0 Å². The van der Waals surface area contributed by atoms with Gasteiger partial charge in [0.2, 0.25) is 0 Å². The third-order valence-electron chi connectivity index (χ3n) is 3.14. The van der Waals surface area contributed by atoms with Gasteiger partial charge in [0.05, 0.1) is 0 Å². The van der Waals surface area contributed by atoms with Crippen LogP contribution in [0, 0.1) is 0 Å². The fourth-order valence-corrected chi connectivity index (χ4v) is 2.15. The van der Waals surface area contributed by atoms with E-state index in [1.54, 1.807) is 24.3 Å². The molecule has 1 amide bonds. The molecule has 3 heteroatoms. The summed E-state index contributed by atoms with van der Waals surface area (Å²) < 4.78 is 0. The quantitative estimate of drug-likeness (QED) is 0.774. The number of benzene rings is 2. The van der Waals surface area contributed by atoms with Gasteiger partial charge in [-0.1, -0.05) is 43.1 Å². The van der Waals surface area contributed by atoms with Crippen LogP contribution < -0.4 is 4.90 Å². The van der Waals surface area contributed by atoms with Gasteiger partial charge in [-0.05, 0) is 42.8 Å². The zero-order chi connectivity index (χ0) is 14.4. The van der Waals surface area contributed by atoms with E-state index in [9.17, 15) is 4.79 Å². The number of anilines is 1. The van der Waals surface area contributed by atoms with Crippen molar-refractivity contribution >= 4 is 23.2 Å². The number of nitrogens with zero attached hydrogens (tertiary/aromatic N) is 1. The van der Waals surface area contributed by atoms with Crippen molar-refractivity contribution in [2.24, 2.45) is 0 Å². The van der Waals surface area contributed by atoms with Crippen LogP contribution in [0.2, 0.25) is 5.02 Å². The molecule has 2 aromatic rings. The van der Waals surface area contributed by atoms with E-state index in [-0.39, 0.29) is 5.91 Å². The maximum absolute atomic E-state index is 12.6. The second-order valence-electron chi connectivity index (χ2n) is 4.65. The third-order valence-corrected chi connectivity index (χ3v) is 3.39. The van der Waals surface area contributed by atoms with Crippen molar-refractivity contribution in [2.75, 3.05) is 11.4 Å². The summed E-state index contributed by atoms with van der Waals surface area (Å²) in [5.41, 5.74) is 1.59. The van der Waals surface area contributed by atoms with Crippen molar-refractivity contribution in [3.05, 3.63) is 65.2 Å². The van der Waals surface area contributed by atoms with Crippen LogP contribution in [-0.4, -0.2) is 12.5 Å². The minimum absolute atomic E-state index is 0.0151. The highest BCUT2D eigenvalue weighted by molar-refractivity contribution is 6.30. The van der Waals surface area contributed by atoms with Gasteiger partial charge >= 0.3 is 0 Å². The van der Waals surface area contributed by atoms with Crippen molar-refractivity contribution in [3.63, 3.8) is 0 Å². The van der Waals surface area contributed by atoms with Crippen molar-refractivity contribution in [2.45, 2.75) is 19.8 Å². The summed E-state index contributed by atoms with van der Waals surface area (Å²) in [6.07, 6.45) is 2.03. The number of para-hydroxylation sites is 1. The number of hydrogen-bond acceptors (Lipinski definition) is 1. The van der Waals surface area contributed by atoms with Gasteiger partial charge in [0.25, 0.3) is 5.91 Å². The topological polar surface area (TPSA) is 20.3 Å². The van der Waals surface area contributed by atoms with Crippen LogP contribution in [0.25, 0.3) is 0 Å². The summed E-state index contributed by atoms with van der Waals surface area (Å²) in [4.78, 5) is 14.5. The van der Waals surface area contributed by atoms with E-state index in [1.165, 1.54) is 0 Å². The highest BCUT2D eigenvalue weighted by Gasteiger charge is 2.16. The molecule has 2 aromatic carbocycles. The summed E-state index contributed by atoms with van der Waals surface area (Å²) in [7, 11) is 0. The van der Waals surface area contributed by atoms with E-state index in [0.29, 0.717) is 10.6 Å². The van der Waals surface area contributed by atoms with Crippen molar-refractivity contribution in [1.29, 1.82) is 0 Å². The number of carbonyl (C=O) groups is 1. The van der Waals surface area contributed by atoms with E-state index in [2.05, 4.69) is 6.92 Å². The Kier molecular flexibility index (Phi) is 5.19. The molecule has 2 rings (SSSR count). The molecule has 0 fully saturated rings. The van der Waals surface area contributed by atoms with Crippen LogP contribution >= 0.6 is 11.6 Å². The Bertz CT molecular complexity index is 551. The highest BCUT2D eigenvalue weighted by Crippen LogP contribution is 2.19. The first-order valence-electron chi connectivity index (χ1n) is 6.85. The van der Waals surface area contributed by atoms with Gasteiger partial charge in [-0.2, -0.15) is 0 Å². The molecule has 104 valence electrons. The monoisotopic (exact) mass is 287 g/mol. The molecule has 0 aliphatic carbocycles. The molecule has 0 unspecified atom stereocenters. The lowest BCUT2D eigenvalue weighted by atomic mass is 10.1. The van der Waals surface area contributed by atoms with E-state index in [1.807, 2.05) is 35.2 Å². The van der Waals surface area contributed by atoms with Crippen LogP contribution in [0.4, 0.5) is 5.69 Å². The number of amides is 1. The lowest BCUT2D eigenvalue weighted by molar-refractivity contribution is 0.0986. The molecule has 0 aliphatic rings. The normalized spacial score (nSPS) is 10.3. The fraction of sp³-hybridized carbons (Fsp3) is 0.235. The van der Waals surface area contributed by atoms with E-state index in [4.69, 9.17) is 11.6 Å². The predicted octanol–water partition coefficient (Wildman–Crippen LogP) is 4.79. The molecule has 0 spiro atoms. The van der Waals surface area contributed by atoms with Gasteiger partial charge in [-0.3, -0.25) is 4.79 Å². The summed E-state index contributed by atoms with van der Waals surface area (Å²) in [5.74, 6) is 0.0151. The summed E-state index contributed by atoms with van der Waals surface area (Å²) >= 11 is 5.87. The summed E-state index contributed by atoms with van der Waals surface area (Å²) in [6.45, 7) is 2.85. The smallest absolute Gasteiger partial charge is 0.258 e. The Balaban J connectivity index is 2.26. The van der Waals surface area contributed by atoms with Crippen molar-refractivity contribution < 1.29 is 4.79 Å². The maximum atomic E-state index is 12.6. The number of hydrogen-bond donors (Lipinski definition) is 0. The van der Waals surface area contributed by atoms with Gasteiger partial charge in [0.1, 0.15) is 0 Å². The number of unbranched alkanes of at least 4 members (excludes halogenated alkanes) is 1. The minimum atomic E-state index is 0.0151. The van der Waals surface area contributed by atoms with Crippen LogP contribution in [-0.2, 0) is 0 Å². The zero-order valence-electron chi connectivity index (χ0n) is 11.6. The average Bonchev–Trinajstić information content (AvgIpc) is 2.49. The highest BCUT2D eigenvalue weighted by atomic mass is 35.5. The van der Waals surface area contributed by atoms with Crippen LogP contribution in [0.5, 0.6) is 0 Å². The first-order valence-corrected chi connectivity index (χ1v) is 7.22. The maximum Gasteiger partial charge on any atom is 0.258 e. The van der Waals surface area contributed by atoms with E-state index >= 15 is 0 Å². The first kappa shape index (κ1) is 14.6. The summed E-state index contributed by atoms with van der Waals surface area (Å²) in [5, 5.41) is 0.640. The molecule has 0 saturated heterocycles. The molecule has 0 aromatic heterocycles. The Morgan fingerprint density at radius 2 is 1.70 bits per heavy atom. The van der Waals surface area contributed by atoms with Gasteiger partial charge < -0.3 is 4.90 Å². The molecule has 20 heavy (non-hydrogen) atoms. The molecule has 0 heterocycles. The van der Waals surface area contributed by atoms with Crippen molar-refractivity contribution in [3.8, 4) is 0 Å². The Morgan fingerprint density at radius 1 is 1.05 bits per heavy atom. The molecule has 0 aliphatic heterocycles. The Hall–Kier alpha value is -1.80. The van der Waals surface area contributed by atoms with Gasteiger partial charge in [0, 0.05) is 22.8 Å². The van der Waals surface area contributed by atoms with Crippen molar-refractivity contribution in [1.82, 2.24) is 0 Å². The number of carbonyl (C=O) groups excluding carboxylic acids is 1. The number of rotatable bonds is 5. The van der Waals surface area contributed by atoms with Gasteiger partial charge in [0.15, 0.2) is 0 Å². The largest absolute Gasteiger partial charge is 0.308 e. The van der Waals surface area contributed by atoms with Gasteiger partial charge in [-0.25, -0.2) is 0 Å². The molecule has 0 radical (unpaired) electrons. The lowest BCUT2D eigenvalue weighted by Crippen LogP contribution is -2.31. The van der Waals surface area contributed by atoms with Crippen LogP contribution in [0.15, 0.2) is 54.6 Å². The summed E-state index contributed by atoms with van der Waals surface area (Å²) in [6, 6.07) is 16.8. The van der Waals surface area contributed by atoms with Crippen LogP contribution in [0.1, 0.15) is 30.1 Å². The molecule has 0 N–H and O–H groups in total. The zero-order valence-corrected chi connectivity index (χ0v) is 12.3. The van der Waals surface area contributed by atoms with Gasteiger partial charge in [-0.15, -0.1) is 0 Å².